The highest BCUT2D eigenvalue weighted by atomic mass is 35.5. The molecule has 0 aliphatic carbocycles. The second-order valence-electron chi connectivity index (χ2n) is 3.75. The Morgan fingerprint density at radius 1 is 1.29 bits per heavy atom. The summed E-state index contributed by atoms with van der Waals surface area (Å²) in [5.74, 6) is 0.551. The summed E-state index contributed by atoms with van der Waals surface area (Å²) >= 11 is 5.58. The largest absolute Gasteiger partial charge is 0.384 e. The normalized spacial score (nSPS) is 11.8. The molecule has 0 bridgehead atoms. The number of benzene rings is 1. The van der Waals surface area contributed by atoms with E-state index in [1.165, 1.54) is 18.4 Å². The van der Waals surface area contributed by atoms with E-state index in [4.69, 9.17) is 11.6 Å². The highest BCUT2D eigenvalue weighted by Gasteiger charge is 2.20. The average Bonchev–Trinajstić information content (AvgIpc) is 2.29. The van der Waals surface area contributed by atoms with Crippen LogP contribution in [0.3, 0.4) is 0 Å². The first-order valence-electron chi connectivity index (χ1n) is 5.31. The average molecular weight is 277 g/mol. The van der Waals surface area contributed by atoms with Crippen LogP contribution in [-0.2, 0) is 10.0 Å². The van der Waals surface area contributed by atoms with Gasteiger partial charge in [0.1, 0.15) is 4.90 Å². The Labute approximate surface area is 108 Å². The minimum atomic E-state index is -3.41. The van der Waals surface area contributed by atoms with E-state index in [-0.39, 0.29) is 0 Å². The van der Waals surface area contributed by atoms with E-state index in [2.05, 4.69) is 5.32 Å². The number of anilines is 1. The van der Waals surface area contributed by atoms with E-state index in [1.54, 1.807) is 24.3 Å². The van der Waals surface area contributed by atoms with Crippen LogP contribution in [-0.4, -0.2) is 39.2 Å². The standard InChI is InChI=1S/C11H17ClN2O2S/c1-14(2)17(15,16)11-7-4-3-6-10(11)13-9-5-8-12/h3-4,6-7,13H,5,8-9H2,1-2H3. The van der Waals surface area contributed by atoms with Crippen LogP contribution in [0.15, 0.2) is 29.2 Å². The van der Waals surface area contributed by atoms with Crippen LogP contribution < -0.4 is 5.32 Å². The van der Waals surface area contributed by atoms with Gasteiger partial charge in [-0.25, -0.2) is 12.7 Å². The van der Waals surface area contributed by atoms with Gasteiger partial charge < -0.3 is 5.32 Å². The van der Waals surface area contributed by atoms with Gasteiger partial charge in [0.05, 0.1) is 5.69 Å². The Morgan fingerprint density at radius 2 is 1.94 bits per heavy atom. The molecule has 1 aromatic carbocycles. The predicted octanol–water partition coefficient (Wildman–Crippen LogP) is 1.98. The number of hydrogen-bond donors (Lipinski definition) is 1. The van der Waals surface area contributed by atoms with Crippen LogP contribution in [0.1, 0.15) is 6.42 Å². The molecular formula is C11H17ClN2O2S. The molecule has 0 aliphatic heterocycles. The summed E-state index contributed by atoms with van der Waals surface area (Å²) in [6.45, 7) is 0.656. The lowest BCUT2D eigenvalue weighted by Gasteiger charge is -2.15. The number of nitrogens with one attached hydrogen (secondary N) is 1. The smallest absolute Gasteiger partial charge is 0.244 e. The van der Waals surface area contributed by atoms with Crippen molar-refractivity contribution in [3.63, 3.8) is 0 Å². The fraction of sp³-hybridized carbons (Fsp3) is 0.455. The first-order valence-corrected chi connectivity index (χ1v) is 7.29. The van der Waals surface area contributed by atoms with Gasteiger partial charge in [0.2, 0.25) is 10.0 Å². The van der Waals surface area contributed by atoms with Crippen molar-refractivity contribution in [2.24, 2.45) is 0 Å². The molecule has 1 N–H and O–H groups in total. The molecule has 0 spiro atoms. The molecule has 17 heavy (non-hydrogen) atoms. The lowest BCUT2D eigenvalue weighted by atomic mass is 10.3. The van der Waals surface area contributed by atoms with Crippen LogP contribution >= 0.6 is 11.6 Å². The van der Waals surface area contributed by atoms with Gasteiger partial charge in [0.25, 0.3) is 0 Å². The van der Waals surface area contributed by atoms with Gasteiger partial charge >= 0.3 is 0 Å². The Balaban J connectivity index is 3.00. The third-order valence-corrected chi connectivity index (χ3v) is 4.41. The highest BCUT2D eigenvalue weighted by molar-refractivity contribution is 7.89. The van der Waals surface area contributed by atoms with Gasteiger partial charge in [-0.3, -0.25) is 0 Å². The number of sulfonamides is 1. The summed E-state index contributed by atoms with van der Waals surface area (Å²) in [5, 5.41) is 3.08. The molecule has 96 valence electrons. The third-order valence-electron chi connectivity index (χ3n) is 2.27. The van der Waals surface area contributed by atoms with Crippen LogP contribution in [0.4, 0.5) is 5.69 Å². The molecule has 1 aromatic rings. The second-order valence-corrected chi connectivity index (χ2v) is 6.25. The molecule has 0 saturated heterocycles. The Hall–Kier alpha value is -0.780. The van der Waals surface area contributed by atoms with Crippen molar-refractivity contribution < 1.29 is 8.42 Å². The zero-order valence-electron chi connectivity index (χ0n) is 9.98. The molecule has 0 atom stereocenters. The van der Waals surface area contributed by atoms with Gasteiger partial charge in [-0.2, -0.15) is 0 Å². The van der Waals surface area contributed by atoms with Crippen LogP contribution in [0.2, 0.25) is 0 Å². The lowest BCUT2D eigenvalue weighted by Crippen LogP contribution is -2.23. The predicted molar refractivity (Wildman–Crippen MR) is 71.1 cm³/mol. The summed E-state index contributed by atoms with van der Waals surface area (Å²) < 4.78 is 25.3. The molecule has 0 heterocycles. The van der Waals surface area contributed by atoms with E-state index in [9.17, 15) is 8.42 Å². The van der Waals surface area contributed by atoms with Crippen LogP contribution in [0.25, 0.3) is 0 Å². The monoisotopic (exact) mass is 276 g/mol. The van der Waals surface area contributed by atoms with Crippen molar-refractivity contribution in [1.29, 1.82) is 0 Å². The Morgan fingerprint density at radius 3 is 2.53 bits per heavy atom. The summed E-state index contributed by atoms with van der Waals surface area (Å²) in [5.41, 5.74) is 0.617. The Bertz CT molecular complexity index is 460. The fourth-order valence-electron chi connectivity index (χ4n) is 1.32. The molecule has 0 aromatic heterocycles. The van der Waals surface area contributed by atoms with E-state index < -0.39 is 10.0 Å². The minimum Gasteiger partial charge on any atom is -0.384 e. The number of para-hydroxylation sites is 1. The zero-order valence-corrected chi connectivity index (χ0v) is 11.6. The van der Waals surface area contributed by atoms with Gasteiger partial charge in [-0.05, 0) is 18.6 Å². The number of nitrogens with zero attached hydrogens (tertiary/aromatic N) is 1. The zero-order chi connectivity index (χ0) is 12.9. The van der Waals surface area contributed by atoms with Crippen molar-refractivity contribution in [1.82, 2.24) is 4.31 Å². The van der Waals surface area contributed by atoms with Crippen molar-refractivity contribution in [2.45, 2.75) is 11.3 Å². The molecule has 0 radical (unpaired) electrons. The molecule has 0 unspecified atom stereocenters. The molecule has 1 rings (SSSR count). The fourth-order valence-corrected chi connectivity index (χ4v) is 2.52. The molecule has 0 amide bonds. The highest BCUT2D eigenvalue weighted by Crippen LogP contribution is 2.22. The van der Waals surface area contributed by atoms with Crippen molar-refractivity contribution in [3.05, 3.63) is 24.3 Å². The third kappa shape index (κ3) is 3.59. The SMILES string of the molecule is CN(C)S(=O)(=O)c1ccccc1NCCCCl. The summed E-state index contributed by atoms with van der Waals surface area (Å²) in [7, 11) is -0.369. The molecule has 0 saturated carbocycles. The molecule has 6 heteroatoms. The number of hydrogen-bond acceptors (Lipinski definition) is 3. The maximum Gasteiger partial charge on any atom is 0.244 e. The summed E-state index contributed by atoms with van der Waals surface area (Å²) in [6.07, 6.45) is 0.790. The summed E-state index contributed by atoms with van der Waals surface area (Å²) in [6, 6.07) is 6.86. The molecule has 0 fully saturated rings. The number of rotatable bonds is 6. The van der Waals surface area contributed by atoms with E-state index in [1.807, 2.05) is 0 Å². The Kier molecular flexibility index (Phi) is 5.24. The molecule has 0 aliphatic rings. The quantitative estimate of drug-likeness (QED) is 0.638. The van der Waals surface area contributed by atoms with Gasteiger partial charge in [-0.1, -0.05) is 12.1 Å². The van der Waals surface area contributed by atoms with Crippen molar-refractivity contribution in [2.75, 3.05) is 31.8 Å². The summed E-state index contributed by atoms with van der Waals surface area (Å²) in [4.78, 5) is 0.291. The van der Waals surface area contributed by atoms with Crippen molar-refractivity contribution >= 4 is 27.3 Å². The van der Waals surface area contributed by atoms with Gasteiger partial charge in [0, 0.05) is 26.5 Å². The van der Waals surface area contributed by atoms with Crippen molar-refractivity contribution in [3.8, 4) is 0 Å². The maximum atomic E-state index is 12.0. The van der Waals surface area contributed by atoms with Gasteiger partial charge in [0.15, 0.2) is 0 Å². The van der Waals surface area contributed by atoms with E-state index >= 15 is 0 Å². The first-order chi connectivity index (χ1) is 8.00. The van der Waals surface area contributed by atoms with Crippen LogP contribution in [0, 0.1) is 0 Å². The second kappa shape index (κ2) is 6.23. The first kappa shape index (κ1) is 14.3. The molecule has 4 nitrogen and oxygen atoms in total. The number of alkyl halides is 1. The molecular weight excluding hydrogens is 260 g/mol. The minimum absolute atomic E-state index is 0.291. The van der Waals surface area contributed by atoms with Crippen LogP contribution in [0.5, 0.6) is 0 Å². The van der Waals surface area contributed by atoms with E-state index in [0.717, 1.165) is 6.42 Å². The maximum absolute atomic E-state index is 12.0. The number of halogens is 1. The lowest BCUT2D eigenvalue weighted by molar-refractivity contribution is 0.521. The van der Waals surface area contributed by atoms with Gasteiger partial charge in [-0.15, -0.1) is 11.6 Å². The topological polar surface area (TPSA) is 49.4 Å². The van der Waals surface area contributed by atoms with E-state index in [0.29, 0.717) is 23.0 Å².